The SMILES string of the molecule is Cc1ccc(C#N)c(NCC(C)(C)c2cccs2)n1. The highest BCUT2D eigenvalue weighted by Crippen LogP contribution is 2.28. The molecule has 2 heterocycles. The first-order valence-corrected chi connectivity index (χ1v) is 7.06. The molecule has 0 aliphatic rings. The summed E-state index contributed by atoms with van der Waals surface area (Å²) in [4.78, 5) is 5.72. The van der Waals surface area contributed by atoms with E-state index in [9.17, 15) is 0 Å². The molecule has 0 radical (unpaired) electrons. The third-order valence-electron chi connectivity index (χ3n) is 3.04. The van der Waals surface area contributed by atoms with Crippen molar-refractivity contribution in [2.45, 2.75) is 26.2 Å². The van der Waals surface area contributed by atoms with Gasteiger partial charge in [-0.15, -0.1) is 11.3 Å². The van der Waals surface area contributed by atoms with Crippen LogP contribution >= 0.6 is 11.3 Å². The van der Waals surface area contributed by atoms with Crippen LogP contribution in [0.1, 0.15) is 30.0 Å². The highest BCUT2D eigenvalue weighted by Gasteiger charge is 2.22. The number of hydrogen-bond acceptors (Lipinski definition) is 4. The second-order valence-corrected chi connectivity index (χ2v) is 6.12. The third-order valence-corrected chi connectivity index (χ3v) is 4.28. The van der Waals surface area contributed by atoms with Crippen molar-refractivity contribution in [1.29, 1.82) is 5.26 Å². The Morgan fingerprint density at radius 1 is 1.37 bits per heavy atom. The van der Waals surface area contributed by atoms with Crippen LogP contribution < -0.4 is 5.32 Å². The van der Waals surface area contributed by atoms with Crippen molar-refractivity contribution in [3.8, 4) is 6.07 Å². The van der Waals surface area contributed by atoms with Crippen LogP contribution in [0.15, 0.2) is 29.6 Å². The van der Waals surface area contributed by atoms with Gasteiger partial charge in [0.15, 0.2) is 0 Å². The van der Waals surface area contributed by atoms with E-state index in [0.717, 1.165) is 12.2 Å². The molecule has 1 N–H and O–H groups in total. The Morgan fingerprint density at radius 3 is 2.79 bits per heavy atom. The second-order valence-electron chi connectivity index (χ2n) is 5.18. The van der Waals surface area contributed by atoms with Gasteiger partial charge in [-0.3, -0.25) is 0 Å². The fourth-order valence-electron chi connectivity index (χ4n) is 1.84. The van der Waals surface area contributed by atoms with E-state index < -0.39 is 0 Å². The zero-order valence-corrected chi connectivity index (χ0v) is 12.2. The first-order chi connectivity index (χ1) is 9.03. The Morgan fingerprint density at radius 2 is 2.16 bits per heavy atom. The molecule has 0 aliphatic heterocycles. The molecule has 2 aromatic heterocycles. The molecule has 0 aliphatic carbocycles. The van der Waals surface area contributed by atoms with Crippen molar-refractivity contribution in [3.63, 3.8) is 0 Å². The van der Waals surface area contributed by atoms with Crippen LogP contribution in [-0.2, 0) is 5.41 Å². The van der Waals surface area contributed by atoms with Crippen molar-refractivity contribution in [2.24, 2.45) is 0 Å². The number of thiophene rings is 1. The molecule has 3 nitrogen and oxygen atoms in total. The predicted octanol–water partition coefficient (Wildman–Crippen LogP) is 3.71. The molecule has 0 unspecified atom stereocenters. The van der Waals surface area contributed by atoms with E-state index >= 15 is 0 Å². The second kappa shape index (κ2) is 5.41. The van der Waals surface area contributed by atoms with Crippen LogP contribution in [0.25, 0.3) is 0 Å². The number of aryl methyl sites for hydroxylation is 1. The third kappa shape index (κ3) is 3.12. The van der Waals surface area contributed by atoms with Crippen LogP contribution in [0.3, 0.4) is 0 Å². The van der Waals surface area contributed by atoms with Gasteiger partial charge in [-0.25, -0.2) is 4.98 Å². The molecule has 0 amide bonds. The lowest BCUT2D eigenvalue weighted by molar-refractivity contribution is 0.568. The monoisotopic (exact) mass is 271 g/mol. The highest BCUT2D eigenvalue weighted by molar-refractivity contribution is 7.10. The number of nitrogens with zero attached hydrogens (tertiary/aromatic N) is 2. The van der Waals surface area contributed by atoms with Gasteiger partial charge in [0.05, 0.1) is 5.56 Å². The first-order valence-electron chi connectivity index (χ1n) is 6.18. The Kier molecular flexibility index (Phi) is 3.87. The molecule has 0 bridgehead atoms. The molecule has 19 heavy (non-hydrogen) atoms. The molecule has 98 valence electrons. The maximum atomic E-state index is 9.09. The van der Waals surface area contributed by atoms with E-state index in [2.05, 4.69) is 47.7 Å². The molecule has 0 spiro atoms. The highest BCUT2D eigenvalue weighted by atomic mass is 32.1. The van der Waals surface area contributed by atoms with Gasteiger partial charge < -0.3 is 5.32 Å². The number of hydrogen-bond donors (Lipinski definition) is 1. The number of aromatic nitrogens is 1. The number of anilines is 1. The van der Waals surface area contributed by atoms with Gasteiger partial charge in [-0.2, -0.15) is 5.26 Å². The average Bonchev–Trinajstić information content (AvgIpc) is 2.91. The molecule has 2 aromatic rings. The smallest absolute Gasteiger partial charge is 0.144 e. The molecule has 0 atom stereocenters. The number of nitriles is 1. The summed E-state index contributed by atoms with van der Waals surface area (Å²) in [7, 11) is 0. The van der Waals surface area contributed by atoms with Crippen LogP contribution in [0.2, 0.25) is 0 Å². The van der Waals surface area contributed by atoms with Crippen LogP contribution in [-0.4, -0.2) is 11.5 Å². The van der Waals surface area contributed by atoms with Crippen LogP contribution in [0, 0.1) is 18.3 Å². The number of pyridine rings is 1. The lowest BCUT2D eigenvalue weighted by atomic mass is 9.91. The van der Waals surface area contributed by atoms with Crippen molar-refractivity contribution < 1.29 is 0 Å². The minimum absolute atomic E-state index is 0.0202. The Bertz CT molecular complexity index is 594. The summed E-state index contributed by atoms with van der Waals surface area (Å²) in [5, 5.41) is 14.5. The van der Waals surface area contributed by atoms with E-state index in [1.54, 1.807) is 11.3 Å². The summed E-state index contributed by atoms with van der Waals surface area (Å²) >= 11 is 1.75. The normalized spacial score (nSPS) is 11.1. The van der Waals surface area contributed by atoms with Crippen molar-refractivity contribution in [1.82, 2.24) is 4.98 Å². The lowest BCUT2D eigenvalue weighted by Gasteiger charge is -2.24. The summed E-state index contributed by atoms with van der Waals surface area (Å²) in [6.07, 6.45) is 0. The molecule has 0 fully saturated rings. The minimum Gasteiger partial charge on any atom is -0.368 e. The first kappa shape index (κ1) is 13.6. The fraction of sp³-hybridized carbons (Fsp3) is 0.333. The van der Waals surface area contributed by atoms with E-state index in [1.807, 2.05) is 19.1 Å². The van der Waals surface area contributed by atoms with E-state index in [-0.39, 0.29) is 5.41 Å². The van der Waals surface area contributed by atoms with Crippen LogP contribution in [0.5, 0.6) is 0 Å². The summed E-state index contributed by atoms with van der Waals surface area (Å²) in [6.45, 7) is 7.05. The van der Waals surface area contributed by atoms with Crippen molar-refractivity contribution >= 4 is 17.2 Å². The van der Waals surface area contributed by atoms with Gasteiger partial charge >= 0.3 is 0 Å². The molecule has 0 aromatic carbocycles. The fourth-order valence-corrected chi connectivity index (χ4v) is 2.69. The molecular weight excluding hydrogens is 254 g/mol. The number of nitrogens with one attached hydrogen (secondary N) is 1. The topological polar surface area (TPSA) is 48.7 Å². The van der Waals surface area contributed by atoms with Crippen molar-refractivity contribution in [3.05, 3.63) is 45.8 Å². The maximum absolute atomic E-state index is 9.09. The van der Waals surface area contributed by atoms with Gasteiger partial charge in [0.25, 0.3) is 0 Å². The van der Waals surface area contributed by atoms with Gasteiger partial charge in [0, 0.05) is 22.5 Å². The van der Waals surface area contributed by atoms with Gasteiger partial charge in [-0.1, -0.05) is 19.9 Å². The number of rotatable bonds is 4. The summed E-state index contributed by atoms with van der Waals surface area (Å²) in [5.74, 6) is 0.673. The minimum atomic E-state index is 0.0202. The molecule has 0 saturated carbocycles. The standard InChI is InChI=1S/C15H17N3S/c1-11-6-7-12(9-16)14(18-11)17-10-15(2,3)13-5-4-8-19-13/h4-8H,10H2,1-3H3,(H,17,18). The van der Waals surface area contributed by atoms with Crippen LogP contribution in [0.4, 0.5) is 5.82 Å². The summed E-state index contributed by atoms with van der Waals surface area (Å²) < 4.78 is 0. The quantitative estimate of drug-likeness (QED) is 0.922. The van der Waals surface area contributed by atoms with E-state index in [1.165, 1.54) is 4.88 Å². The molecule has 0 saturated heterocycles. The summed E-state index contributed by atoms with van der Waals surface area (Å²) in [5.41, 5.74) is 1.52. The average molecular weight is 271 g/mol. The van der Waals surface area contributed by atoms with E-state index in [0.29, 0.717) is 11.4 Å². The van der Waals surface area contributed by atoms with E-state index in [4.69, 9.17) is 5.26 Å². The Balaban J connectivity index is 2.15. The summed E-state index contributed by atoms with van der Waals surface area (Å²) in [6, 6.07) is 10.0. The van der Waals surface area contributed by atoms with Gasteiger partial charge in [-0.05, 0) is 30.5 Å². The Labute approximate surface area is 117 Å². The largest absolute Gasteiger partial charge is 0.368 e. The van der Waals surface area contributed by atoms with Gasteiger partial charge in [0.1, 0.15) is 11.9 Å². The molecule has 4 heteroatoms. The van der Waals surface area contributed by atoms with Crippen molar-refractivity contribution in [2.75, 3.05) is 11.9 Å². The molecular formula is C15H17N3S. The Hall–Kier alpha value is -1.86. The molecule has 2 rings (SSSR count). The maximum Gasteiger partial charge on any atom is 0.144 e. The lowest BCUT2D eigenvalue weighted by Crippen LogP contribution is -2.27. The van der Waals surface area contributed by atoms with Gasteiger partial charge in [0.2, 0.25) is 0 Å². The predicted molar refractivity (Wildman–Crippen MR) is 79.5 cm³/mol. The zero-order valence-electron chi connectivity index (χ0n) is 11.4. The zero-order chi connectivity index (χ0) is 13.9.